The standard InChI is InChI=1S/C23H23N3O/c27-23(25-22-10-9-16-5-1-2-6-18(16)22)26-13-11-17(12-14-26)20-15-24-21-8-4-3-7-19(20)21/h1-8,11,15,22,24H,9-10,12-14H2,(H,25,27)/t22-/m1/s1. The molecule has 0 saturated heterocycles. The van der Waals surface area contributed by atoms with Gasteiger partial charge in [-0.25, -0.2) is 4.79 Å². The highest BCUT2D eigenvalue weighted by atomic mass is 16.2. The molecule has 1 aliphatic heterocycles. The molecular weight excluding hydrogens is 334 g/mol. The van der Waals surface area contributed by atoms with Crippen molar-refractivity contribution in [2.24, 2.45) is 0 Å². The first kappa shape index (κ1) is 16.2. The molecule has 1 atom stereocenters. The molecule has 4 nitrogen and oxygen atoms in total. The van der Waals surface area contributed by atoms with Crippen molar-refractivity contribution in [1.29, 1.82) is 0 Å². The largest absolute Gasteiger partial charge is 0.361 e. The van der Waals surface area contributed by atoms with Crippen LogP contribution in [0.1, 0.15) is 35.6 Å². The van der Waals surface area contributed by atoms with Gasteiger partial charge in [-0.1, -0.05) is 48.5 Å². The number of benzene rings is 2. The number of urea groups is 1. The van der Waals surface area contributed by atoms with Crippen LogP contribution in [0.25, 0.3) is 16.5 Å². The van der Waals surface area contributed by atoms with Crippen molar-refractivity contribution in [3.8, 4) is 0 Å². The van der Waals surface area contributed by atoms with Crippen molar-refractivity contribution in [3.05, 3.63) is 77.5 Å². The van der Waals surface area contributed by atoms with Crippen LogP contribution in [0, 0.1) is 0 Å². The van der Waals surface area contributed by atoms with Gasteiger partial charge < -0.3 is 15.2 Å². The van der Waals surface area contributed by atoms with Crippen LogP contribution in [0.4, 0.5) is 4.79 Å². The second-order valence-electron chi connectivity index (χ2n) is 7.41. The number of aromatic amines is 1. The lowest BCUT2D eigenvalue weighted by atomic mass is 9.99. The van der Waals surface area contributed by atoms with Crippen molar-refractivity contribution < 1.29 is 4.79 Å². The summed E-state index contributed by atoms with van der Waals surface area (Å²) in [5.41, 5.74) is 6.38. The first-order chi connectivity index (χ1) is 13.3. The number of amides is 2. The molecule has 0 radical (unpaired) electrons. The Morgan fingerprint density at radius 1 is 1.07 bits per heavy atom. The monoisotopic (exact) mass is 357 g/mol. The summed E-state index contributed by atoms with van der Waals surface area (Å²) in [5.74, 6) is 0. The predicted molar refractivity (Wildman–Crippen MR) is 109 cm³/mol. The number of H-pyrrole nitrogens is 1. The number of carbonyl (C=O) groups excluding carboxylic acids is 1. The van der Waals surface area contributed by atoms with Crippen molar-refractivity contribution in [2.75, 3.05) is 13.1 Å². The van der Waals surface area contributed by atoms with E-state index in [4.69, 9.17) is 0 Å². The zero-order valence-electron chi connectivity index (χ0n) is 15.2. The number of fused-ring (bicyclic) bond motifs is 2. The maximum Gasteiger partial charge on any atom is 0.318 e. The molecule has 0 spiro atoms. The zero-order valence-corrected chi connectivity index (χ0v) is 15.2. The summed E-state index contributed by atoms with van der Waals surface area (Å²) in [6, 6.07) is 17.0. The number of aromatic nitrogens is 1. The van der Waals surface area contributed by atoms with Crippen LogP contribution in [0.3, 0.4) is 0 Å². The molecule has 3 aromatic rings. The summed E-state index contributed by atoms with van der Waals surface area (Å²) in [4.78, 5) is 18.0. The minimum Gasteiger partial charge on any atom is -0.361 e. The molecule has 4 heteroatoms. The van der Waals surface area contributed by atoms with Crippen LogP contribution in [0.5, 0.6) is 0 Å². The number of nitrogens with zero attached hydrogens (tertiary/aromatic N) is 1. The molecule has 0 unspecified atom stereocenters. The fourth-order valence-corrected chi connectivity index (χ4v) is 4.38. The van der Waals surface area contributed by atoms with E-state index >= 15 is 0 Å². The third-order valence-corrected chi connectivity index (χ3v) is 5.86. The van der Waals surface area contributed by atoms with Gasteiger partial charge in [-0.2, -0.15) is 0 Å². The molecule has 5 rings (SSSR count). The summed E-state index contributed by atoms with van der Waals surface area (Å²) in [6.07, 6.45) is 7.21. The lowest BCUT2D eigenvalue weighted by molar-refractivity contribution is 0.199. The smallest absolute Gasteiger partial charge is 0.318 e. The number of aryl methyl sites for hydroxylation is 1. The topological polar surface area (TPSA) is 48.1 Å². The summed E-state index contributed by atoms with van der Waals surface area (Å²) in [5, 5.41) is 4.49. The first-order valence-electron chi connectivity index (χ1n) is 9.68. The van der Waals surface area contributed by atoms with Gasteiger partial charge >= 0.3 is 6.03 Å². The summed E-state index contributed by atoms with van der Waals surface area (Å²) < 4.78 is 0. The molecule has 0 bridgehead atoms. The van der Waals surface area contributed by atoms with Crippen LogP contribution >= 0.6 is 0 Å². The van der Waals surface area contributed by atoms with E-state index in [1.165, 1.54) is 27.6 Å². The van der Waals surface area contributed by atoms with Crippen molar-refractivity contribution in [3.63, 3.8) is 0 Å². The number of carbonyl (C=O) groups is 1. The van der Waals surface area contributed by atoms with E-state index in [9.17, 15) is 4.79 Å². The van der Waals surface area contributed by atoms with Crippen molar-refractivity contribution >= 4 is 22.5 Å². The SMILES string of the molecule is O=C(N[C@@H]1CCc2ccccc21)N1CC=C(c2c[nH]c3ccccc23)CC1. The van der Waals surface area contributed by atoms with Gasteiger partial charge in [0.2, 0.25) is 0 Å². The third kappa shape index (κ3) is 2.91. The van der Waals surface area contributed by atoms with Crippen molar-refractivity contribution in [2.45, 2.75) is 25.3 Å². The first-order valence-corrected chi connectivity index (χ1v) is 9.68. The van der Waals surface area contributed by atoms with Crippen LogP contribution in [-0.4, -0.2) is 29.0 Å². The van der Waals surface area contributed by atoms with Gasteiger partial charge in [0.25, 0.3) is 0 Å². The molecule has 2 N–H and O–H groups in total. The number of rotatable bonds is 2. The lowest BCUT2D eigenvalue weighted by Crippen LogP contribution is -2.43. The molecule has 136 valence electrons. The maximum absolute atomic E-state index is 12.7. The molecular formula is C23H23N3O. The van der Waals surface area contributed by atoms with E-state index in [1.54, 1.807) is 0 Å². The van der Waals surface area contributed by atoms with E-state index in [1.807, 2.05) is 11.0 Å². The lowest BCUT2D eigenvalue weighted by Gasteiger charge is -2.28. The van der Waals surface area contributed by atoms with E-state index in [0.29, 0.717) is 6.54 Å². The number of hydrogen-bond acceptors (Lipinski definition) is 1. The summed E-state index contributed by atoms with van der Waals surface area (Å²) >= 11 is 0. The Labute approximate surface area is 158 Å². The zero-order chi connectivity index (χ0) is 18.2. The van der Waals surface area contributed by atoms with E-state index in [0.717, 1.165) is 31.3 Å². The minimum absolute atomic E-state index is 0.0472. The van der Waals surface area contributed by atoms with Gasteiger partial charge in [-0.3, -0.25) is 0 Å². The van der Waals surface area contributed by atoms with Gasteiger partial charge in [-0.15, -0.1) is 0 Å². The molecule has 2 aromatic carbocycles. The Morgan fingerprint density at radius 2 is 1.93 bits per heavy atom. The second kappa shape index (κ2) is 6.62. The Morgan fingerprint density at radius 3 is 2.81 bits per heavy atom. The highest BCUT2D eigenvalue weighted by molar-refractivity contribution is 5.93. The van der Waals surface area contributed by atoms with Gasteiger partial charge in [0.05, 0.1) is 6.04 Å². The minimum atomic E-state index is 0.0472. The Balaban J connectivity index is 1.28. The average Bonchev–Trinajstić information content (AvgIpc) is 3.33. The van der Waals surface area contributed by atoms with Gasteiger partial charge in [-0.05, 0) is 42.0 Å². The number of para-hydroxylation sites is 1. The molecule has 0 fully saturated rings. The fourth-order valence-electron chi connectivity index (χ4n) is 4.38. The van der Waals surface area contributed by atoms with E-state index in [-0.39, 0.29) is 12.1 Å². The van der Waals surface area contributed by atoms with Gasteiger partial charge in [0.15, 0.2) is 0 Å². The Kier molecular flexibility index (Phi) is 3.97. The number of hydrogen-bond donors (Lipinski definition) is 2. The molecule has 2 heterocycles. The quantitative estimate of drug-likeness (QED) is 0.689. The molecule has 2 amide bonds. The molecule has 2 aliphatic rings. The molecule has 1 aliphatic carbocycles. The third-order valence-electron chi connectivity index (χ3n) is 5.86. The van der Waals surface area contributed by atoms with E-state index < -0.39 is 0 Å². The molecule has 1 aromatic heterocycles. The highest BCUT2D eigenvalue weighted by Gasteiger charge is 2.26. The normalized spacial score (nSPS) is 19.0. The van der Waals surface area contributed by atoms with Gasteiger partial charge in [0.1, 0.15) is 0 Å². The van der Waals surface area contributed by atoms with E-state index in [2.05, 4.69) is 65.0 Å². The van der Waals surface area contributed by atoms with Crippen LogP contribution in [0.15, 0.2) is 60.8 Å². The van der Waals surface area contributed by atoms with Crippen LogP contribution in [-0.2, 0) is 6.42 Å². The number of nitrogens with one attached hydrogen (secondary N) is 2. The highest BCUT2D eigenvalue weighted by Crippen LogP contribution is 2.32. The maximum atomic E-state index is 12.7. The molecule has 27 heavy (non-hydrogen) atoms. The predicted octanol–water partition coefficient (Wildman–Crippen LogP) is 4.65. The summed E-state index contributed by atoms with van der Waals surface area (Å²) in [7, 11) is 0. The van der Waals surface area contributed by atoms with Gasteiger partial charge in [0, 0.05) is 35.8 Å². The average molecular weight is 357 g/mol. The van der Waals surface area contributed by atoms with Crippen LogP contribution < -0.4 is 5.32 Å². The molecule has 0 saturated carbocycles. The second-order valence-corrected chi connectivity index (χ2v) is 7.41. The Bertz CT molecular complexity index is 1030. The summed E-state index contributed by atoms with van der Waals surface area (Å²) in [6.45, 7) is 1.42. The van der Waals surface area contributed by atoms with Crippen LogP contribution in [0.2, 0.25) is 0 Å². The Hall–Kier alpha value is -3.01. The fraction of sp³-hybridized carbons (Fsp3) is 0.261. The van der Waals surface area contributed by atoms with Crippen molar-refractivity contribution in [1.82, 2.24) is 15.2 Å².